The molecule has 0 spiro atoms. The van der Waals surface area contributed by atoms with E-state index in [2.05, 4.69) is 34.9 Å². The van der Waals surface area contributed by atoms with Crippen LogP contribution in [0.25, 0.3) is 0 Å². The van der Waals surface area contributed by atoms with E-state index in [0.717, 1.165) is 57.4 Å². The van der Waals surface area contributed by atoms with Crippen molar-refractivity contribution in [1.29, 1.82) is 0 Å². The minimum absolute atomic E-state index is 0.627. The summed E-state index contributed by atoms with van der Waals surface area (Å²) in [6.45, 7) is 6.15. The smallest absolute Gasteiger partial charge is 0.247 e. The number of piperazine rings is 2. The Kier molecular flexibility index (Phi) is 4.71. The predicted octanol–water partition coefficient (Wildman–Crippen LogP) is -0.733. The lowest BCUT2D eigenvalue weighted by Crippen LogP contribution is -2.48. The Balaban J connectivity index is 1.39. The van der Waals surface area contributed by atoms with Crippen LogP contribution < -0.4 is 14.7 Å². The summed E-state index contributed by atoms with van der Waals surface area (Å²) in [7, 11) is 0. The number of hydrogen-bond donors (Lipinski definition) is 0. The van der Waals surface area contributed by atoms with Crippen LogP contribution >= 0.6 is 0 Å². The fourth-order valence-electron chi connectivity index (χ4n) is 3.19. The molecule has 4 heterocycles. The molecule has 0 radical (unpaired) electrons. The van der Waals surface area contributed by atoms with Gasteiger partial charge < -0.3 is 19.6 Å². The van der Waals surface area contributed by atoms with E-state index in [1.54, 1.807) is 23.5 Å². The summed E-state index contributed by atoms with van der Waals surface area (Å²) in [5, 5.41) is 8.31. The SMILES string of the molecule is O=CN1CCN(c2nncc(N3CCN(c4ncccn4)CC3)n2)CC1. The summed E-state index contributed by atoms with van der Waals surface area (Å²) in [4.78, 5) is 32.4. The Hall–Kier alpha value is -3.04. The van der Waals surface area contributed by atoms with E-state index < -0.39 is 0 Å². The highest BCUT2D eigenvalue weighted by atomic mass is 16.1. The standard InChI is InChI=1S/C16H21N9O/c26-13-22-4-6-25(7-5-22)16-20-14(12-19-21-16)23-8-10-24(11-9-23)15-17-2-1-3-18-15/h1-3,12-13H,4-11H2. The van der Waals surface area contributed by atoms with Crippen LogP contribution in [0, 0.1) is 0 Å². The lowest BCUT2D eigenvalue weighted by molar-refractivity contribution is -0.118. The Morgan fingerprint density at radius 1 is 0.808 bits per heavy atom. The highest BCUT2D eigenvalue weighted by Crippen LogP contribution is 2.18. The normalized spacial score (nSPS) is 18.2. The number of aromatic nitrogens is 5. The molecule has 2 aliphatic heterocycles. The van der Waals surface area contributed by atoms with E-state index >= 15 is 0 Å². The number of nitrogens with zero attached hydrogens (tertiary/aromatic N) is 9. The largest absolute Gasteiger partial charge is 0.352 e. The van der Waals surface area contributed by atoms with E-state index in [0.29, 0.717) is 19.0 Å². The van der Waals surface area contributed by atoms with Gasteiger partial charge in [0.25, 0.3) is 0 Å². The zero-order valence-electron chi connectivity index (χ0n) is 14.5. The van der Waals surface area contributed by atoms with Crippen LogP contribution in [0.4, 0.5) is 17.7 Å². The minimum atomic E-state index is 0.627. The van der Waals surface area contributed by atoms with Gasteiger partial charge in [-0.3, -0.25) is 4.79 Å². The van der Waals surface area contributed by atoms with Crippen molar-refractivity contribution in [3.05, 3.63) is 24.7 Å². The first kappa shape index (κ1) is 16.4. The molecule has 2 aromatic rings. The summed E-state index contributed by atoms with van der Waals surface area (Å²) in [6.07, 6.45) is 6.13. The van der Waals surface area contributed by atoms with Gasteiger partial charge in [0.1, 0.15) is 0 Å². The van der Waals surface area contributed by atoms with E-state index in [9.17, 15) is 4.79 Å². The van der Waals surface area contributed by atoms with E-state index in [4.69, 9.17) is 4.98 Å². The molecule has 2 aromatic heterocycles. The number of carbonyl (C=O) groups is 1. The summed E-state index contributed by atoms with van der Waals surface area (Å²) >= 11 is 0. The third-order valence-corrected chi connectivity index (χ3v) is 4.72. The molecular weight excluding hydrogens is 334 g/mol. The van der Waals surface area contributed by atoms with Gasteiger partial charge in [0.05, 0.1) is 6.20 Å². The van der Waals surface area contributed by atoms with Gasteiger partial charge in [0, 0.05) is 64.8 Å². The lowest BCUT2D eigenvalue weighted by Gasteiger charge is -2.36. The molecule has 0 aliphatic carbocycles. The Morgan fingerprint density at radius 3 is 2.12 bits per heavy atom. The van der Waals surface area contributed by atoms with Crippen molar-refractivity contribution in [2.45, 2.75) is 0 Å². The Labute approximate surface area is 151 Å². The Morgan fingerprint density at radius 2 is 1.42 bits per heavy atom. The van der Waals surface area contributed by atoms with Crippen molar-refractivity contribution < 1.29 is 4.79 Å². The molecule has 0 aromatic carbocycles. The first-order valence-electron chi connectivity index (χ1n) is 8.74. The molecule has 10 heteroatoms. The third-order valence-electron chi connectivity index (χ3n) is 4.72. The topological polar surface area (TPSA) is 94.5 Å². The molecule has 136 valence electrons. The fraction of sp³-hybridized carbons (Fsp3) is 0.500. The van der Waals surface area contributed by atoms with Crippen LogP contribution in [0.2, 0.25) is 0 Å². The van der Waals surface area contributed by atoms with Gasteiger partial charge in [-0.1, -0.05) is 0 Å². The second-order valence-corrected chi connectivity index (χ2v) is 6.27. The summed E-state index contributed by atoms with van der Waals surface area (Å²) in [5.74, 6) is 2.23. The molecule has 0 bridgehead atoms. The molecule has 1 amide bonds. The first-order chi connectivity index (χ1) is 12.8. The lowest BCUT2D eigenvalue weighted by atomic mass is 10.3. The number of anilines is 3. The van der Waals surface area contributed by atoms with Crippen LogP contribution in [0.3, 0.4) is 0 Å². The monoisotopic (exact) mass is 355 g/mol. The van der Waals surface area contributed by atoms with E-state index in [1.807, 2.05) is 6.07 Å². The highest BCUT2D eigenvalue weighted by Gasteiger charge is 2.22. The fourth-order valence-corrected chi connectivity index (χ4v) is 3.19. The second kappa shape index (κ2) is 7.46. The maximum Gasteiger partial charge on any atom is 0.247 e. The number of rotatable bonds is 4. The average Bonchev–Trinajstić information content (AvgIpc) is 2.75. The number of hydrogen-bond acceptors (Lipinski definition) is 9. The first-order valence-corrected chi connectivity index (χ1v) is 8.74. The third kappa shape index (κ3) is 3.48. The molecule has 2 aliphatic rings. The molecule has 10 nitrogen and oxygen atoms in total. The summed E-state index contributed by atoms with van der Waals surface area (Å²) < 4.78 is 0. The highest BCUT2D eigenvalue weighted by molar-refractivity contribution is 5.49. The quantitative estimate of drug-likeness (QED) is 0.658. The van der Waals surface area contributed by atoms with Gasteiger partial charge in [-0.25, -0.2) is 9.97 Å². The van der Waals surface area contributed by atoms with Crippen molar-refractivity contribution in [3.63, 3.8) is 0 Å². The van der Waals surface area contributed by atoms with Crippen LogP contribution in [-0.2, 0) is 4.79 Å². The van der Waals surface area contributed by atoms with Crippen molar-refractivity contribution >= 4 is 24.1 Å². The van der Waals surface area contributed by atoms with Gasteiger partial charge in [-0.2, -0.15) is 10.1 Å². The molecule has 0 N–H and O–H groups in total. The molecule has 0 saturated carbocycles. The minimum Gasteiger partial charge on any atom is -0.352 e. The summed E-state index contributed by atoms with van der Waals surface area (Å²) in [6, 6.07) is 1.82. The van der Waals surface area contributed by atoms with Crippen LogP contribution in [0.15, 0.2) is 24.7 Å². The molecule has 0 unspecified atom stereocenters. The average molecular weight is 355 g/mol. The zero-order chi connectivity index (χ0) is 17.8. The van der Waals surface area contributed by atoms with Crippen molar-refractivity contribution in [1.82, 2.24) is 30.0 Å². The van der Waals surface area contributed by atoms with Gasteiger partial charge in [-0.15, -0.1) is 5.10 Å². The van der Waals surface area contributed by atoms with Crippen molar-refractivity contribution in [3.8, 4) is 0 Å². The van der Waals surface area contributed by atoms with Crippen molar-refractivity contribution in [2.75, 3.05) is 67.1 Å². The molecule has 4 rings (SSSR count). The van der Waals surface area contributed by atoms with Crippen molar-refractivity contribution in [2.24, 2.45) is 0 Å². The second-order valence-electron chi connectivity index (χ2n) is 6.27. The predicted molar refractivity (Wildman–Crippen MR) is 96.1 cm³/mol. The molecule has 0 atom stereocenters. The Bertz CT molecular complexity index is 728. The van der Waals surface area contributed by atoms with Crippen LogP contribution in [0.1, 0.15) is 0 Å². The molecular formula is C16H21N9O. The summed E-state index contributed by atoms with van der Waals surface area (Å²) in [5.41, 5.74) is 0. The van der Waals surface area contributed by atoms with E-state index in [1.165, 1.54) is 0 Å². The van der Waals surface area contributed by atoms with Crippen LogP contribution in [-0.4, -0.2) is 88.8 Å². The van der Waals surface area contributed by atoms with E-state index in [-0.39, 0.29) is 0 Å². The maximum absolute atomic E-state index is 10.8. The van der Waals surface area contributed by atoms with Gasteiger partial charge in [-0.05, 0) is 6.07 Å². The van der Waals surface area contributed by atoms with Crippen LogP contribution in [0.5, 0.6) is 0 Å². The van der Waals surface area contributed by atoms with Gasteiger partial charge in [0.15, 0.2) is 5.82 Å². The number of carbonyl (C=O) groups excluding carboxylic acids is 1. The van der Waals surface area contributed by atoms with Gasteiger partial charge in [0.2, 0.25) is 18.3 Å². The maximum atomic E-state index is 10.8. The van der Waals surface area contributed by atoms with Gasteiger partial charge >= 0.3 is 0 Å². The number of amides is 1. The zero-order valence-corrected chi connectivity index (χ0v) is 14.5. The molecule has 2 saturated heterocycles. The molecule has 26 heavy (non-hydrogen) atoms. The molecule has 2 fully saturated rings.